The number of hydrogen-bond donors (Lipinski definition) is 0. The molecule has 2 aromatic carbocycles. The summed E-state index contributed by atoms with van der Waals surface area (Å²) < 4.78 is 16.0. The lowest BCUT2D eigenvalue weighted by molar-refractivity contribution is 0.101. The molecule has 0 aliphatic rings. The second kappa shape index (κ2) is 6.18. The largest absolute Gasteiger partial charge is 0.497 e. The topological polar surface area (TPSA) is 48.7 Å². The zero-order valence-corrected chi connectivity index (χ0v) is 12.0. The molecule has 0 fully saturated rings. The van der Waals surface area contributed by atoms with E-state index < -0.39 is 0 Å². The van der Waals surface area contributed by atoms with E-state index in [2.05, 4.69) is 0 Å². The molecule has 0 radical (unpaired) electrons. The molecule has 1 heterocycles. The molecule has 0 aliphatic carbocycles. The number of carbonyl (C=O) groups excluding carboxylic acids is 1. The van der Waals surface area contributed by atoms with Gasteiger partial charge in [-0.25, -0.2) is 0 Å². The van der Waals surface area contributed by atoms with Gasteiger partial charge in [-0.15, -0.1) is 0 Å². The molecule has 3 rings (SSSR count). The van der Waals surface area contributed by atoms with Crippen LogP contribution in [0.5, 0.6) is 17.2 Å². The molecule has 0 N–H and O–H groups in total. The van der Waals surface area contributed by atoms with Gasteiger partial charge in [0.25, 0.3) is 0 Å². The lowest BCUT2D eigenvalue weighted by Crippen LogP contribution is -1.99. The number of rotatable bonds is 5. The maximum absolute atomic E-state index is 12.1. The molecule has 0 saturated heterocycles. The normalized spacial score (nSPS) is 10.2. The fourth-order valence-corrected chi connectivity index (χ4v) is 2.03. The number of furan rings is 1. The van der Waals surface area contributed by atoms with Crippen molar-refractivity contribution in [2.75, 3.05) is 7.11 Å². The number of methoxy groups -OCH3 is 1. The Balaban J connectivity index is 1.75. The van der Waals surface area contributed by atoms with Gasteiger partial charge in [0.1, 0.15) is 17.2 Å². The standard InChI is InChI=1S/C18H14O4/c1-20-15-4-2-5-16(12-15)22-14-9-7-13(8-10-14)18(19)17-6-3-11-21-17/h2-12H,1H3. The van der Waals surface area contributed by atoms with Gasteiger partial charge in [0.2, 0.25) is 5.78 Å². The maximum atomic E-state index is 12.1. The van der Waals surface area contributed by atoms with E-state index in [1.165, 1.54) is 6.26 Å². The Morgan fingerprint density at radius 3 is 2.36 bits per heavy atom. The smallest absolute Gasteiger partial charge is 0.228 e. The molecule has 0 atom stereocenters. The van der Waals surface area contributed by atoms with E-state index >= 15 is 0 Å². The van der Waals surface area contributed by atoms with Crippen LogP contribution in [0, 0.1) is 0 Å². The molecule has 4 heteroatoms. The highest BCUT2D eigenvalue weighted by Gasteiger charge is 2.11. The molecule has 1 aromatic heterocycles. The highest BCUT2D eigenvalue weighted by molar-refractivity contribution is 6.07. The van der Waals surface area contributed by atoms with E-state index in [0.717, 1.165) is 5.75 Å². The van der Waals surface area contributed by atoms with Gasteiger partial charge in [0.15, 0.2) is 5.76 Å². The van der Waals surface area contributed by atoms with Crippen LogP contribution in [0.1, 0.15) is 16.1 Å². The van der Waals surface area contributed by atoms with Crippen molar-refractivity contribution in [1.29, 1.82) is 0 Å². The highest BCUT2D eigenvalue weighted by Crippen LogP contribution is 2.25. The van der Waals surface area contributed by atoms with Crippen LogP contribution in [-0.2, 0) is 0 Å². The summed E-state index contributed by atoms with van der Waals surface area (Å²) >= 11 is 0. The summed E-state index contributed by atoms with van der Waals surface area (Å²) in [6.07, 6.45) is 1.48. The predicted octanol–water partition coefficient (Wildman–Crippen LogP) is 4.31. The first kappa shape index (κ1) is 13.9. The van der Waals surface area contributed by atoms with Crippen LogP contribution in [-0.4, -0.2) is 12.9 Å². The lowest BCUT2D eigenvalue weighted by atomic mass is 10.1. The maximum Gasteiger partial charge on any atom is 0.228 e. The summed E-state index contributed by atoms with van der Waals surface area (Å²) in [4.78, 5) is 12.1. The zero-order chi connectivity index (χ0) is 15.4. The third-order valence-corrected chi connectivity index (χ3v) is 3.14. The van der Waals surface area contributed by atoms with Gasteiger partial charge in [-0.1, -0.05) is 6.07 Å². The van der Waals surface area contributed by atoms with Crippen LogP contribution >= 0.6 is 0 Å². The Hall–Kier alpha value is -3.01. The molecule has 0 saturated carbocycles. The van der Waals surface area contributed by atoms with Crippen LogP contribution in [0.2, 0.25) is 0 Å². The Morgan fingerprint density at radius 1 is 0.909 bits per heavy atom. The van der Waals surface area contributed by atoms with Gasteiger partial charge in [0, 0.05) is 11.6 Å². The second-order valence-corrected chi connectivity index (χ2v) is 4.61. The fourth-order valence-electron chi connectivity index (χ4n) is 2.03. The lowest BCUT2D eigenvalue weighted by Gasteiger charge is -2.07. The average Bonchev–Trinajstić information content (AvgIpc) is 3.09. The summed E-state index contributed by atoms with van der Waals surface area (Å²) in [7, 11) is 1.61. The van der Waals surface area contributed by atoms with Crippen molar-refractivity contribution in [2.24, 2.45) is 0 Å². The van der Waals surface area contributed by atoms with E-state index in [-0.39, 0.29) is 5.78 Å². The molecule has 3 aromatic rings. The number of carbonyl (C=O) groups is 1. The van der Waals surface area contributed by atoms with Crippen LogP contribution in [0.25, 0.3) is 0 Å². The second-order valence-electron chi connectivity index (χ2n) is 4.61. The minimum absolute atomic E-state index is 0.155. The van der Waals surface area contributed by atoms with Crippen LogP contribution in [0.15, 0.2) is 71.3 Å². The first-order valence-corrected chi connectivity index (χ1v) is 6.76. The zero-order valence-electron chi connectivity index (χ0n) is 12.0. The Kier molecular flexibility index (Phi) is 3.92. The minimum atomic E-state index is -0.155. The Labute approximate surface area is 127 Å². The van der Waals surface area contributed by atoms with Crippen LogP contribution in [0.4, 0.5) is 0 Å². The average molecular weight is 294 g/mol. The van der Waals surface area contributed by atoms with Gasteiger partial charge in [-0.05, 0) is 48.5 Å². The summed E-state index contributed by atoms with van der Waals surface area (Å²) in [5, 5.41) is 0. The van der Waals surface area contributed by atoms with Gasteiger partial charge in [-0.3, -0.25) is 4.79 Å². The molecule has 0 unspecified atom stereocenters. The molecular weight excluding hydrogens is 280 g/mol. The SMILES string of the molecule is COc1cccc(Oc2ccc(C(=O)c3ccco3)cc2)c1. The number of benzene rings is 2. The fraction of sp³-hybridized carbons (Fsp3) is 0.0556. The van der Waals surface area contributed by atoms with Crippen molar-refractivity contribution in [3.63, 3.8) is 0 Å². The molecule has 4 nitrogen and oxygen atoms in total. The molecule has 0 bridgehead atoms. The van der Waals surface area contributed by atoms with E-state index in [1.807, 2.05) is 18.2 Å². The summed E-state index contributed by atoms with van der Waals surface area (Å²) in [6, 6.07) is 17.6. The highest BCUT2D eigenvalue weighted by atomic mass is 16.5. The molecule has 22 heavy (non-hydrogen) atoms. The molecule has 0 amide bonds. The predicted molar refractivity (Wildman–Crippen MR) is 81.7 cm³/mol. The van der Waals surface area contributed by atoms with Gasteiger partial charge < -0.3 is 13.9 Å². The molecule has 0 spiro atoms. The van der Waals surface area contributed by atoms with Crippen LogP contribution < -0.4 is 9.47 Å². The Bertz CT molecular complexity index is 758. The molecule has 0 aliphatic heterocycles. The monoisotopic (exact) mass is 294 g/mol. The first-order valence-electron chi connectivity index (χ1n) is 6.76. The van der Waals surface area contributed by atoms with Gasteiger partial charge in [0.05, 0.1) is 13.4 Å². The number of ether oxygens (including phenoxy) is 2. The van der Waals surface area contributed by atoms with Crippen molar-refractivity contribution in [3.05, 3.63) is 78.3 Å². The van der Waals surface area contributed by atoms with E-state index in [4.69, 9.17) is 13.9 Å². The number of hydrogen-bond acceptors (Lipinski definition) is 4. The molecule has 110 valence electrons. The molecular formula is C18H14O4. The van der Waals surface area contributed by atoms with Crippen LogP contribution in [0.3, 0.4) is 0 Å². The van der Waals surface area contributed by atoms with Gasteiger partial charge >= 0.3 is 0 Å². The van der Waals surface area contributed by atoms with E-state index in [0.29, 0.717) is 22.8 Å². The summed E-state index contributed by atoms with van der Waals surface area (Å²) in [5.41, 5.74) is 0.549. The third-order valence-electron chi connectivity index (χ3n) is 3.14. The minimum Gasteiger partial charge on any atom is -0.497 e. The van der Waals surface area contributed by atoms with Gasteiger partial charge in [-0.2, -0.15) is 0 Å². The number of ketones is 1. The quantitative estimate of drug-likeness (QED) is 0.658. The first-order chi connectivity index (χ1) is 10.8. The van der Waals surface area contributed by atoms with Crippen molar-refractivity contribution in [2.45, 2.75) is 0 Å². The van der Waals surface area contributed by atoms with E-state index in [1.54, 1.807) is 49.6 Å². The van der Waals surface area contributed by atoms with Crippen molar-refractivity contribution in [3.8, 4) is 17.2 Å². The summed E-state index contributed by atoms with van der Waals surface area (Å²) in [6.45, 7) is 0. The van der Waals surface area contributed by atoms with Crippen molar-refractivity contribution < 1.29 is 18.7 Å². The summed E-state index contributed by atoms with van der Waals surface area (Å²) in [5.74, 6) is 2.20. The Morgan fingerprint density at radius 2 is 1.68 bits per heavy atom. The van der Waals surface area contributed by atoms with E-state index in [9.17, 15) is 4.79 Å². The van der Waals surface area contributed by atoms with Crippen molar-refractivity contribution >= 4 is 5.78 Å². The third kappa shape index (κ3) is 3.01. The van der Waals surface area contributed by atoms with Crippen molar-refractivity contribution in [1.82, 2.24) is 0 Å².